The molecule has 0 saturated carbocycles. The molecule has 11 heteroatoms. The SMILES string of the molecule is CCCCNC(=O)[C@H](Cc1ccccc1)N(Cc1ccc(Cl)cc1)C(=O)CN(c1ccc(Cl)cc1Cl)S(C)(=O)=O. The lowest BCUT2D eigenvalue weighted by atomic mass is 10.0. The number of rotatable bonds is 13. The van der Waals surface area contributed by atoms with Crippen molar-refractivity contribution < 1.29 is 18.0 Å². The Morgan fingerprint density at radius 1 is 0.900 bits per heavy atom. The van der Waals surface area contributed by atoms with E-state index in [0.717, 1.165) is 34.5 Å². The average molecular weight is 625 g/mol. The van der Waals surface area contributed by atoms with E-state index in [0.29, 0.717) is 16.6 Å². The highest BCUT2D eigenvalue weighted by Gasteiger charge is 2.33. The van der Waals surface area contributed by atoms with Crippen LogP contribution in [-0.4, -0.2) is 50.5 Å². The van der Waals surface area contributed by atoms with Gasteiger partial charge in [0.25, 0.3) is 0 Å². The largest absolute Gasteiger partial charge is 0.354 e. The average Bonchev–Trinajstić information content (AvgIpc) is 2.90. The van der Waals surface area contributed by atoms with Gasteiger partial charge in [0.15, 0.2) is 0 Å². The summed E-state index contributed by atoms with van der Waals surface area (Å²) in [5.41, 5.74) is 1.70. The van der Waals surface area contributed by atoms with Crippen molar-refractivity contribution in [1.29, 1.82) is 0 Å². The lowest BCUT2D eigenvalue weighted by Crippen LogP contribution is -2.53. The van der Waals surface area contributed by atoms with Crippen LogP contribution in [0, 0.1) is 0 Å². The number of hydrogen-bond acceptors (Lipinski definition) is 4. The Kier molecular flexibility index (Phi) is 11.7. The van der Waals surface area contributed by atoms with E-state index in [1.165, 1.54) is 23.1 Å². The molecule has 0 fully saturated rings. The van der Waals surface area contributed by atoms with Crippen LogP contribution in [0.4, 0.5) is 5.69 Å². The van der Waals surface area contributed by atoms with Crippen LogP contribution in [-0.2, 0) is 32.6 Å². The first kappa shape index (κ1) is 31.7. The van der Waals surface area contributed by atoms with Crippen LogP contribution in [0.2, 0.25) is 15.1 Å². The Balaban J connectivity index is 2.04. The van der Waals surface area contributed by atoms with Gasteiger partial charge in [-0.1, -0.05) is 90.6 Å². The Hall–Kier alpha value is -2.78. The fourth-order valence-electron chi connectivity index (χ4n) is 4.12. The molecule has 1 atom stereocenters. The van der Waals surface area contributed by atoms with Gasteiger partial charge in [-0.05, 0) is 47.9 Å². The van der Waals surface area contributed by atoms with E-state index < -0.39 is 28.5 Å². The number of carbonyl (C=O) groups is 2. The first-order chi connectivity index (χ1) is 19.0. The van der Waals surface area contributed by atoms with Crippen LogP contribution < -0.4 is 9.62 Å². The van der Waals surface area contributed by atoms with Crippen molar-refractivity contribution in [3.8, 4) is 0 Å². The number of nitrogens with zero attached hydrogens (tertiary/aromatic N) is 2. The number of anilines is 1. The molecule has 7 nitrogen and oxygen atoms in total. The fraction of sp³-hybridized carbons (Fsp3) is 0.310. The maximum atomic E-state index is 14.0. The summed E-state index contributed by atoms with van der Waals surface area (Å²) in [7, 11) is -3.94. The molecule has 0 aliphatic rings. The van der Waals surface area contributed by atoms with Gasteiger partial charge in [-0.25, -0.2) is 8.42 Å². The summed E-state index contributed by atoms with van der Waals surface area (Å²) in [4.78, 5) is 29.0. The summed E-state index contributed by atoms with van der Waals surface area (Å²) in [5, 5.41) is 3.87. The predicted molar refractivity (Wildman–Crippen MR) is 163 cm³/mol. The number of hydrogen-bond donors (Lipinski definition) is 1. The molecule has 0 saturated heterocycles. The summed E-state index contributed by atoms with van der Waals surface area (Å²) < 4.78 is 26.7. The highest BCUT2D eigenvalue weighted by atomic mass is 35.5. The van der Waals surface area contributed by atoms with E-state index in [9.17, 15) is 18.0 Å². The molecule has 40 heavy (non-hydrogen) atoms. The van der Waals surface area contributed by atoms with Crippen molar-refractivity contribution in [3.63, 3.8) is 0 Å². The summed E-state index contributed by atoms with van der Waals surface area (Å²) >= 11 is 18.4. The number of nitrogens with one attached hydrogen (secondary N) is 1. The topological polar surface area (TPSA) is 86.8 Å². The smallest absolute Gasteiger partial charge is 0.244 e. The van der Waals surface area contributed by atoms with Crippen molar-refractivity contribution in [2.75, 3.05) is 23.7 Å². The number of benzene rings is 3. The van der Waals surface area contributed by atoms with E-state index in [2.05, 4.69) is 5.32 Å². The van der Waals surface area contributed by atoms with Gasteiger partial charge in [-0.15, -0.1) is 0 Å². The third-order valence-electron chi connectivity index (χ3n) is 6.22. The molecule has 3 aromatic rings. The lowest BCUT2D eigenvalue weighted by molar-refractivity contribution is -0.140. The number of unbranched alkanes of at least 4 members (excludes halogenated alkanes) is 1. The van der Waals surface area contributed by atoms with Crippen LogP contribution in [0.15, 0.2) is 72.8 Å². The van der Waals surface area contributed by atoms with Gasteiger partial charge in [0.05, 0.1) is 17.0 Å². The van der Waals surface area contributed by atoms with Gasteiger partial charge in [-0.3, -0.25) is 13.9 Å². The van der Waals surface area contributed by atoms with Crippen LogP contribution in [0.25, 0.3) is 0 Å². The highest BCUT2D eigenvalue weighted by Crippen LogP contribution is 2.30. The first-order valence-electron chi connectivity index (χ1n) is 12.8. The zero-order chi connectivity index (χ0) is 29.3. The highest BCUT2D eigenvalue weighted by molar-refractivity contribution is 7.92. The summed E-state index contributed by atoms with van der Waals surface area (Å²) in [6, 6.07) is 19.7. The zero-order valence-corrected chi connectivity index (χ0v) is 25.4. The molecule has 3 rings (SSSR count). The number of carbonyl (C=O) groups excluding carboxylic acids is 2. The number of amides is 2. The number of sulfonamides is 1. The molecule has 0 aliphatic carbocycles. The minimum Gasteiger partial charge on any atom is -0.354 e. The van der Waals surface area contributed by atoms with E-state index in [-0.39, 0.29) is 29.6 Å². The van der Waals surface area contributed by atoms with Gasteiger partial charge in [-0.2, -0.15) is 0 Å². The third kappa shape index (κ3) is 9.13. The maximum Gasteiger partial charge on any atom is 0.244 e. The van der Waals surface area contributed by atoms with Crippen molar-refractivity contribution >= 4 is 62.3 Å². The molecule has 0 heterocycles. The van der Waals surface area contributed by atoms with Gasteiger partial charge in [0.2, 0.25) is 21.8 Å². The summed E-state index contributed by atoms with van der Waals surface area (Å²) in [5.74, 6) is -0.895. The molecule has 0 aromatic heterocycles. The fourth-order valence-corrected chi connectivity index (χ4v) is 5.67. The lowest BCUT2D eigenvalue weighted by Gasteiger charge is -2.33. The molecule has 1 N–H and O–H groups in total. The van der Waals surface area contributed by atoms with Gasteiger partial charge >= 0.3 is 0 Å². The standard InChI is InChI=1S/C29H32Cl3N3O4S/c1-3-4-16-33-29(37)27(17-21-8-6-5-7-9-21)34(19-22-10-12-23(30)13-11-22)28(36)20-35(40(2,38)39)26-15-14-24(31)18-25(26)32/h5-15,18,27H,3-4,16-17,19-20H2,1-2H3,(H,33,37)/t27-/m0/s1. The molecule has 0 unspecified atom stereocenters. The zero-order valence-electron chi connectivity index (χ0n) is 22.3. The molecule has 0 bridgehead atoms. The predicted octanol–water partition coefficient (Wildman–Crippen LogP) is 5.97. The number of halogens is 3. The molecule has 0 aliphatic heterocycles. The Bertz CT molecular complexity index is 1400. The molecule has 2 amide bonds. The monoisotopic (exact) mass is 623 g/mol. The van der Waals surface area contributed by atoms with Crippen LogP contribution in [0.3, 0.4) is 0 Å². The van der Waals surface area contributed by atoms with Crippen molar-refractivity contribution in [1.82, 2.24) is 10.2 Å². The second kappa shape index (κ2) is 14.7. The van der Waals surface area contributed by atoms with Gasteiger partial charge < -0.3 is 10.2 Å². The molecular formula is C29H32Cl3N3O4S. The second-order valence-corrected chi connectivity index (χ2v) is 12.6. The van der Waals surface area contributed by atoms with Gasteiger partial charge in [0, 0.05) is 29.6 Å². The quantitative estimate of drug-likeness (QED) is 0.238. The first-order valence-corrected chi connectivity index (χ1v) is 15.8. The van der Waals surface area contributed by atoms with E-state index in [1.807, 2.05) is 37.3 Å². The van der Waals surface area contributed by atoms with Crippen molar-refractivity contribution in [3.05, 3.63) is 99.0 Å². The normalized spacial score (nSPS) is 12.0. The van der Waals surface area contributed by atoms with Crippen LogP contribution in [0.5, 0.6) is 0 Å². The third-order valence-corrected chi connectivity index (χ3v) is 8.14. The van der Waals surface area contributed by atoms with Gasteiger partial charge in [0.1, 0.15) is 12.6 Å². The summed E-state index contributed by atoms with van der Waals surface area (Å²) in [6.45, 7) is 1.97. The van der Waals surface area contributed by atoms with Crippen LogP contribution >= 0.6 is 34.8 Å². The van der Waals surface area contributed by atoms with Crippen molar-refractivity contribution in [2.45, 2.75) is 38.8 Å². The minimum atomic E-state index is -3.94. The Morgan fingerprint density at radius 2 is 1.55 bits per heavy atom. The second-order valence-electron chi connectivity index (χ2n) is 9.36. The molecule has 0 spiro atoms. The maximum absolute atomic E-state index is 14.0. The Morgan fingerprint density at radius 3 is 2.15 bits per heavy atom. The summed E-state index contributed by atoms with van der Waals surface area (Å²) in [6.07, 6.45) is 2.90. The van der Waals surface area contributed by atoms with Crippen molar-refractivity contribution in [2.24, 2.45) is 0 Å². The molecule has 0 radical (unpaired) electrons. The Labute approximate surface area is 251 Å². The molecule has 3 aromatic carbocycles. The van der Waals surface area contributed by atoms with E-state index in [4.69, 9.17) is 34.8 Å². The van der Waals surface area contributed by atoms with E-state index >= 15 is 0 Å². The van der Waals surface area contributed by atoms with E-state index in [1.54, 1.807) is 24.3 Å². The molecular weight excluding hydrogens is 593 g/mol. The molecule has 214 valence electrons. The minimum absolute atomic E-state index is 0.0562. The van der Waals surface area contributed by atoms with Crippen LogP contribution in [0.1, 0.15) is 30.9 Å².